The van der Waals surface area contributed by atoms with Crippen molar-refractivity contribution in [2.75, 3.05) is 7.05 Å². The van der Waals surface area contributed by atoms with Crippen LogP contribution in [0.25, 0.3) is 0 Å². The molecule has 1 nitrogen and oxygen atoms in total. The first kappa shape index (κ1) is 16.0. The van der Waals surface area contributed by atoms with E-state index in [2.05, 4.69) is 94.1 Å². The lowest BCUT2D eigenvalue weighted by molar-refractivity contribution is 0.588. The van der Waals surface area contributed by atoms with E-state index in [9.17, 15) is 0 Å². The van der Waals surface area contributed by atoms with Crippen LogP contribution in [0.2, 0.25) is 0 Å². The molecule has 0 amide bonds. The van der Waals surface area contributed by atoms with Crippen molar-refractivity contribution in [2.45, 2.75) is 26.3 Å². The maximum atomic E-state index is 3.67. The van der Waals surface area contributed by atoms with Gasteiger partial charge in [0.25, 0.3) is 0 Å². The molecule has 0 bridgehead atoms. The molecule has 0 fully saturated rings. The smallest absolute Gasteiger partial charge is 0.0370 e. The van der Waals surface area contributed by atoms with Gasteiger partial charge in [-0.2, -0.15) is 0 Å². The Morgan fingerprint density at radius 2 is 1.90 bits per heavy atom. The third kappa shape index (κ3) is 3.83. The van der Waals surface area contributed by atoms with Crippen molar-refractivity contribution in [1.82, 2.24) is 5.32 Å². The third-order valence-electron chi connectivity index (χ3n) is 3.61. The largest absolute Gasteiger partial charge is 0.313 e. The van der Waals surface area contributed by atoms with Gasteiger partial charge in [-0.25, -0.2) is 0 Å². The number of rotatable bonds is 4. The Balaban J connectivity index is 2.33. The van der Waals surface area contributed by atoms with E-state index in [1.807, 2.05) is 7.05 Å². The highest BCUT2D eigenvalue weighted by Gasteiger charge is 2.15. The Morgan fingerprint density at radius 1 is 1.15 bits per heavy atom. The highest BCUT2D eigenvalue weighted by atomic mass is 127. The summed E-state index contributed by atoms with van der Waals surface area (Å²) in [6, 6.07) is 13.5. The molecule has 106 valence electrons. The van der Waals surface area contributed by atoms with Crippen molar-refractivity contribution in [2.24, 2.45) is 0 Å². The first-order chi connectivity index (χ1) is 9.51. The minimum absolute atomic E-state index is 0.319. The van der Waals surface area contributed by atoms with Gasteiger partial charge in [-0.15, -0.1) is 0 Å². The zero-order valence-corrected chi connectivity index (χ0v) is 15.7. The average molecular weight is 444 g/mol. The van der Waals surface area contributed by atoms with Crippen LogP contribution in [0.15, 0.2) is 40.9 Å². The molecule has 0 saturated heterocycles. The SMILES string of the molecule is CNC(Cc1cc(C)ccc1C)c1cc(I)ccc1Br. The van der Waals surface area contributed by atoms with E-state index >= 15 is 0 Å². The van der Waals surface area contributed by atoms with Crippen LogP contribution >= 0.6 is 38.5 Å². The number of hydrogen-bond donors (Lipinski definition) is 1. The summed E-state index contributed by atoms with van der Waals surface area (Å²) in [6.07, 6.45) is 1.00. The summed E-state index contributed by atoms with van der Waals surface area (Å²) in [4.78, 5) is 0. The van der Waals surface area contributed by atoms with Crippen molar-refractivity contribution in [3.63, 3.8) is 0 Å². The maximum Gasteiger partial charge on any atom is 0.0370 e. The number of halogens is 2. The first-order valence-corrected chi connectivity index (χ1v) is 8.56. The molecular weight excluding hydrogens is 425 g/mol. The van der Waals surface area contributed by atoms with Crippen LogP contribution < -0.4 is 5.32 Å². The number of hydrogen-bond acceptors (Lipinski definition) is 1. The van der Waals surface area contributed by atoms with Crippen molar-refractivity contribution < 1.29 is 0 Å². The van der Waals surface area contributed by atoms with Gasteiger partial charge in [0.1, 0.15) is 0 Å². The number of aryl methyl sites for hydroxylation is 2. The molecule has 0 aromatic heterocycles. The van der Waals surface area contributed by atoms with Gasteiger partial charge in [-0.1, -0.05) is 39.7 Å². The van der Waals surface area contributed by atoms with Crippen LogP contribution in [0.5, 0.6) is 0 Å². The molecule has 0 radical (unpaired) electrons. The Hall–Kier alpha value is -0.390. The first-order valence-electron chi connectivity index (χ1n) is 6.69. The van der Waals surface area contributed by atoms with E-state index in [1.54, 1.807) is 0 Å². The van der Waals surface area contributed by atoms with E-state index in [0.717, 1.165) is 6.42 Å². The van der Waals surface area contributed by atoms with Crippen LogP contribution in [-0.4, -0.2) is 7.05 Å². The third-order valence-corrected chi connectivity index (χ3v) is 5.00. The van der Waals surface area contributed by atoms with Gasteiger partial charge >= 0.3 is 0 Å². The number of likely N-dealkylation sites (N-methyl/N-ethyl adjacent to an activating group) is 1. The van der Waals surface area contributed by atoms with Crippen molar-refractivity contribution in [1.29, 1.82) is 0 Å². The van der Waals surface area contributed by atoms with Gasteiger partial charge in [0.2, 0.25) is 0 Å². The molecule has 2 rings (SSSR count). The molecule has 3 heteroatoms. The molecule has 2 aromatic rings. The van der Waals surface area contributed by atoms with Crippen molar-refractivity contribution >= 4 is 38.5 Å². The lowest BCUT2D eigenvalue weighted by Gasteiger charge is -2.20. The Labute approximate surface area is 143 Å². The summed E-state index contributed by atoms with van der Waals surface area (Å²) in [5, 5.41) is 3.45. The van der Waals surface area contributed by atoms with E-state index in [1.165, 1.54) is 30.3 Å². The molecule has 0 heterocycles. The predicted molar refractivity (Wildman–Crippen MR) is 98.3 cm³/mol. The van der Waals surface area contributed by atoms with E-state index in [-0.39, 0.29) is 0 Å². The number of nitrogens with one attached hydrogen (secondary N) is 1. The topological polar surface area (TPSA) is 12.0 Å². The molecule has 0 spiro atoms. The molecule has 1 unspecified atom stereocenters. The Kier molecular flexibility index (Phi) is 5.64. The summed E-state index contributed by atoms with van der Waals surface area (Å²) >= 11 is 6.04. The lowest BCUT2D eigenvalue weighted by Crippen LogP contribution is -2.20. The summed E-state index contributed by atoms with van der Waals surface area (Å²) in [6.45, 7) is 4.34. The fourth-order valence-electron chi connectivity index (χ4n) is 2.39. The Bertz CT molecular complexity index is 610. The van der Waals surface area contributed by atoms with Gasteiger partial charge in [0.05, 0.1) is 0 Å². The quantitative estimate of drug-likeness (QED) is 0.642. The van der Waals surface area contributed by atoms with Gasteiger partial charge in [-0.3, -0.25) is 0 Å². The second-order valence-corrected chi connectivity index (χ2v) is 7.24. The van der Waals surface area contributed by atoms with E-state index in [0.29, 0.717) is 6.04 Å². The normalized spacial score (nSPS) is 12.4. The highest BCUT2D eigenvalue weighted by Crippen LogP contribution is 2.28. The summed E-state index contributed by atoms with van der Waals surface area (Å²) in [7, 11) is 2.03. The fraction of sp³-hybridized carbons (Fsp3) is 0.294. The minimum Gasteiger partial charge on any atom is -0.313 e. The molecule has 1 N–H and O–H groups in total. The molecule has 0 aliphatic carbocycles. The monoisotopic (exact) mass is 443 g/mol. The molecular formula is C17H19BrIN. The predicted octanol–water partition coefficient (Wildman–Crippen LogP) is 5.17. The van der Waals surface area contributed by atoms with Crippen LogP contribution in [0.4, 0.5) is 0 Å². The zero-order valence-electron chi connectivity index (χ0n) is 12.0. The standard InChI is InChI=1S/C17H19BrIN/c1-11-4-5-12(2)13(8-11)9-17(20-3)15-10-14(19)6-7-16(15)18/h4-8,10,17,20H,9H2,1-3H3. The zero-order chi connectivity index (χ0) is 14.7. The van der Waals surface area contributed by atoms with E-state index in [4.69, 9.17) is 0 Å². The van der Waals surface area contributed by atoms with E-state index < -0.39 is 0 Å². The van der Waals surface area contributed by atoms with Crippen LogP contribution in [0.3, 0.4) is 0 Å². The highest BCUT2D eigenvalue weighted by molar-refractivity contribution is 14.1. The van der Waals surface area contributed by atoms with Gasteiger partial charge in [0, 0.05) is 14.1 Å². The Morgan fingerprint density at radius 3 is 2.60 bits per heavy atom. The molecule has 0 aliphatic heterocycles. The number of benzene rings is 2. The van der Waals surface area contributed by atoms with Crippen molar-refractivity contribution in [3.8, 4) is 0 Å². The molecule has 0 saturated carbocycles. The van der Waals surface area contributed by atoms with Gasteiger partial charge in [-0.05, 0) is 84.8 Å². The molecule has 1 atom stereocenters. The molecule has 20 heavy (non-hydrogen) atoms. The second-order valence-electron chi connectivity index (χ2n) is 5.14. The van der Waals surface area contributed by atoms with Crippen molar-refractivity contribution in [3.05, 3.63) is 66.7 Å². The van der Waals surface area contributed by atoms with Crippen LogP contribution in [-0.2, 0) is 6.42 Å². The van der Waals surface area contributed by atoms with Gasteiger partial charge < -0.3 is 5.32 Å². The van der Waals surface area contributed by atoms with Gasteiger partial charge in [0.15, 0.2) is 0 Å². The van der Waals surface area contributed by atoms with Crippen LogP contribution in [0, 0.1) is 17.4 Å². The van der Waals surface area contributed by atoms with Crippen LogP contribution in [0.1, 0.15) is 28.3 Å². The average Bonchev–Trinajstić information content (AvgIpc) is 2.42. The summed E-state index contributed by atoms with van der Waals surface area (Å²) in [5.74, 6) is 0. The minimum atomic E-state index is 0.319. The summed E-state index contributed by atoms with van der Waals surface area (Å²) in [5.41, 5.74) is 5.41. The maximum absolute atomic E-state index is 3.67. The fourth-order valence-corrected chi connectivity index (χ4v) is 3.43. The molecule has 0 aliphatic rings. The molecule has 2 aromatic carbocycles. The second kappa shape index (κ2) is 7.05. The summed E-state index contributed by atoms with van der Waals surface area (Å²) < 4.78 is 2.43. The lowest BCUT2D eigenvalue weighted by atomic mass is 9.95.